The van der Waals surface area contributed by atoms with E-state index in [9.17, 15) is 14.4 Å². The number of primary amides is 1. The molecule has 12 heteroatoms. The van der Waals surface area contributed by atoms with Crippen LogP contribution in [0, 0.1) is 0 Å². The highest BCUT2D eigenvalue weighted by molar-refractivity contribution is 7.98. The maximum Gasteiger partial charge on any atom is 0.405 e. The Morgan fingerprint density at radius 2 is 2.00 bits per heavy atom. The summed E-state index contributed by atoms with van der Waals surface area (Å²) in [5, 5.41) is 20.2. The molecule has 0 aliphatic heterocycles. The Hall–Kier alpha value is -3.41. The van der Waals surface area contributed by atoms with Gasteiger partial charge in [0, 0.05) is 23.0 Å². The molecule has 0 bridgehead atoms. The lowest BCUT2D eigenvalue weighted by molar-refractivity contribution is -0.121. The highest BCUT2D eigenvalue weighted by Gasteiger charge is 2.28. The summed E-state index contributed by atoms with van der Waals surface area (Å²) in [4.78, 5) is 43.5. The van der Waals surface area contributed by atoms with Crippen molar-refractivity contribution in [2.24, 2.45) is 5.73 Å². The zero-order valence-electron chi connectivity index (χ0n) is 17.4. The Balaban J connectivity index is 1.62. The summed E-state index contributed by atoms with van der Waals surface area (Å²) in [7, 11) is 0. The molecule has 0 radical (unpaired) electrons. The molecule has 1 fully saturated rings. The molecule has 1 aliphatic carbocycles. The fourth-order valence-electron chi connectivity index (χ4n) is 4.14. The fourth-order valence-corrected chi connectivity index (χ4v) is 4.49. The fraction of sp³-hybridized carbons (Fsp3) is 0.400. The van der Waals surface area contributed by atoms with Gasteiger partial charge >= 0.3 is 6.09 Å². The number of aromatic nitrogens is 4. The Morgan fingerprint density at radius 3 is 2.66 bits per heavy atom. The predicted octanol–water partition coefficient (Wildman–Crippen LogP) is 1.67. The quantitative estimate of drug-likeness (QED) is 0.320. The average molecular weight is 458 g/mol. The molecule has 1 saturated carbocycles. The number of rotatable bonds is 6. The first-order valence-electron chi connectivity index (χ1n) is 10.1. The van der Waals surface area contributed by atoms with Crippen molar-refractivity contribution in [3.63, 3.8) is 0 Å². The molecule has 1 aromatic carbocycles. The van der Waals surface area contributed by atoms with Crippen LogP contribution in [-0.2, 0) is 4.79 Å². The van der Waals surface area contributed by atoms with E-state index in [1.807, 2.05) is 23.1 Å². The molecule has 32 heavy (non-hydrogen) atoms. The number of carboxylic acid groups (broad SMARTS) is 1. The number of fused-ring (bicyclic) bond motifs is 3. The lowest BCUT2D eigenvalue weighted by atomic mass is 9.91. The van der Waals surface area contributed by atoms with E-state index in [0.717, 1.165) is 29.3 Å². The molecule has 2 heterocycles. The van der Waals surface area contributed by atoms with Gasteiger partial charge in [0.1, 0.15) is 5.52 Å². The third kappa shape index (κ3) is 4.31. The van der Waals surface area contributed by atoms with Crippen molar-refractivity contribution in [1.82, 2.24) is 30.4 Å². The van der Waals surface area contributed by atoms with Gasteiger partial charge in [0.15, 0.2) is 10.9 Å². The van der Waals surface area contributed by atoms with E-state index in [1.165, 1.54) is 11.8 Å². The monoisotopic (exact) mass is 457 g/mol. The van der Waals surface area contributed by atoms with Crippen LogP contribution in [0.3, 0.4) is 0 Å². The number of nitrogens with zero attached hydrogens (tertiary/aromatic N) is 4. The number of thioether (sulfide) groups is 1. The van der Waals surface area contributed by atoms with Gasteiger partial charge < -0.3 is 21.5 Å². The summed E-state index contributed by atoms with van der Waals surface area (Å²) in [5.74, 6) is -0.956. The van der Waals surface area contributed by atoms with Gasteiger partial charge in [-0.25, -0.2) is 14.8 Å². The molecule has 2 aromatic heterocycles. The normalized spacial score (nSPS) is 18.5. The average Bonchev–Trinajstić information content (AvgIpc) is 3.18. The Labute approximate surface area is 187 Å². The highest BCUT2D eigenvalue weighted by atomic mass is 32.2. The minimum absolute atomic E-state index is 0.00851. The van der Waals surface area contributed by atoms with Crippen molar-refractivity contribution < 1.29 is 19.5 Å². The zero-order valence-corrected chi connectivity index (χ0v) is 18.2. The molecule has 1 aliphatic rings. The van der Waals surface area contributed by atoms with E-state index >= 15 is 0 Å². The second-order valence-corrected chi connectivity index (χ2v) is 8.42. The molecule has 0 spiro atoms. The summed E-state index contributed by atoms with van der Waals surface area (Å²) in [5.41, 5.74) is 7.29. The summed E-state index contributed by atoms with van der Waals surface area (Å²) < 4.78 is 1.85. The Morgan fingerprint density at radius 1 is 1.25 bits per heavy atom. The van der Waals surface area contributed by atoms with Crippen molar-refractivity contribution >= 4 is 51.5 Å². The largest absolute Gasteiger partial charge is 0.465 e. The van der Waals surface area contributed by atoms with Gasteiger partial charge in [-0.2, -0.15) is 5.10 Å². The third-order valence-corrected chi connectivity index (χ3v) is 6.18. The third-order valence-electron chi connectivity index (χ3n) is 5.62. The van der Waals surface area contributed by atoms with Gasteiger partial charge in [-0.1, -0.05) is 17.8 Å². The maximum absolute atomic E-state index is 12.1. The van der Waals surface area contributed by atoms with E-state index in [2.05, 4.69) is 25.7 Å². The zero-order chi connectivity index (χ0) is 22.8. The first-order chi connectivity index (χ1) is 15.4. The van der Waals surface area contributed by atoms with E-state index in [0.29, 0.717) is 23.4 Å². The van der Waals surface area contributed by atoms with Crippen molar-refractivity contribution in [3.05, 3.63) is 24.0 Å². The van der Waals surface area contributed by atoms with Gasteiger partial charge in [-0.3, -0.25) is 14.3 Å². The van der Waals surface area contributed by atoms with Crippen LogP contribution >= 0.6 is 11.8 Å². The molecule has 4 rings (SSSR count). The molecular weight excluding hydrogens is 434 g/mol. The van der Waals surface area contributed by atoms with Gasteiger partial charge in [-0.15, -0.1) is 0 Å². The van der Waals surface area contributed by atoms with Crippen molar-refractivity contribution in [3.8, 4) is 0 Å². The topological polar surface area (TPSA) is 165 Å². The number of hydrogen-bond acceptors (Lipinski definition) is 7. The lowest BCUT2D eigenvalue weighted by Crippen LogP contribution is -2.43. The Bertz CT molecular complexity index is 1200. The second kappa shape index (κ2) is 8.99. The number of amides is 3. The van der Waals surface area contributed by atoms with Gasteiger partial charge in [0.2, 0.25) is 5.91 Å². The predicted molar refractivity (Wildman–Crippen MR) is 119 cm³/mol. The van der Waals surface area contributed by atoms with Gasteiger partial charge in [0.25, 0.3) is 5.91 Å². The van der Waals surface area contributed by atoms with E-state index in [1.54, 1.807) is 6.20 Å². The van der Waals surface area contributed by atoms with E-state index in [4.69, 9.17) is 10.8 Å². The molecule has 0 atom stereocenters. The van der Waals surface area contributed by atoms with Crippen LogP contribution in [0.2, 0.25) is 0 Å². The number of hydrogen-bond donors (Lipinski definition) is 4. The lowest BCUT2D eigenvalue weighted by Gasteiger charge is -2.29. The van der Waals surface area contributed by atoms with Crippen LogP contribution in [0.25, 0.3) is 21.8 Å². The van der Waals surface area contributed by atoms with Crippen LogP contribution < -0.4 is 16.4 Å². The molecule has 0 saturated heterocycles. The molecule has 3 aromatic rings. The number of benzene rings is 1. The van der Waals surface area contributed by atoms with Crippen LogP contribution in [0.5, 0.6) is 0 Å². The first kappa shape index (κ1) is 21.8. The van der Waals surface area contributed by atoms with Crippen molar-refractivity contribution in [2.45, 2.75) is 42.9 Å². The molecule has 5 N–H and O–H groups in total. The molecule has 3 amide bonds. The molecule has 11 nitrogen and oxygen atoms in total. The van der Waals surface area contributed by atoms with E-state index in [-0.39, 0.29) is 30.2 Å². The SMILES string of the molecule is CSc1ncc2ccc3c(C(N)=O)nn(C4CCC(NC(=O)CNC(=O)O)CC4)c3c2n1. The van der Waals surface area contributed by atoms with Crippen LogP contribution in [0.4, 0.5) is 4.79 Å². The maximum atomic E-state index is 12.1. The standard InChI is InChI=1S/C20H23N7O4S/c1-32-19-22-8-10-2-7-13-16(18(21)29)26-27(17(13)15(10)25-19)12-5-3-11(4-6-12)24-14(28)9-23-20(30)31/h2,7-8,11-12,23H,3-6,9H2,1H3,(H2,21,29)(H,24,28)(H,30,31). The number of nitrogens with one attached hydrogen (secondary N) is 2. The molecular formula is C20H23N7O4S. The van der Waals surface area contributed by atoms with Gasteiger partial charge in [-0.05, 0) is 38.0 Å². The van der Waals surface area contributed by atoms with Crippen molar-refractivity contribution in [2.75, 3.05) is 12.8 Å². The number of carbonyl (C=O) groups is 3. The minimum atomic E-state index is -1.24. The molecule has 168 valence electrons. The molecule has 0 unspecified atom stereocenters. The number of carbonyl (C=O) groups excluding carboxylic acids is 2. The van der Waals surface area contributed by atoms with Crippen LogP contribution in [0.1, 0.15) is 42.2 Å². The smallest absolute Gasteiger partial charge is 0.405 e. The van der Waals surface area contributed by atoms with Crippen molar-refractivity contribution in [1.29, 1.82) is 0 Å². The summed E-state index contributed by atoms with van der Waals surface area (Å²) in [6.07, 6.45) is 5.27. The summed E-state index contributed by atoms with van der Waals surface area (Å²) in [6, 6.07) is 3.64. The highest BCUT2D eigenvalue weighted by Crippen LogP contribution is 2.35. The van der Waals surface area contributed by atoms with Gasteiger partial charge in [0.05, 0.1) is 18.1 Å². The van der Waals surface area contributed by atoms with E-state index < -0.39 is 12.0 Å². The Kier molecular flexibility index (Phi) is 6.12. The second-order valence-electron chi connectivity index (χ2n) is 7.65. The number of nitrogens with two attached hydrogens (primary N) is 1. The summed E-state index contributed by atoms with van der Waals surface area (Å²) >= 11 is 1.43. The van der Waals surface area contributed by atoms with Crippen LogP contribution in [0.15, 0.2) is 23.5 Å². The van der Waals surface area contributed by atoms with Crippen LogP contribution in [-0.4, -0.2) is 61.6 Å². The first-order valence-corrected chi connectivity index (χ1v) is 11.4. The summed E-state index contributed by atoms with van der Waals surface area (Å²) in [6.45, 7) is -0.273. The minimum Gasteiger partial charge on any atom is -0.465 e.